The number of hydrogen-bond donors (Lipinski definition) is 1. The minimum atomic E-state index is 0.116. The van der Waals surface area contributed by atoms with E-state index < -0.39 is 0 Å². The van der Waals surface area contributed by atoms with Gasteiger partial charge < -0.3 is 10.0 Å². The van der Waals surface area contributed by atoms with E-state index in [0.717, 1.165) is 47.1 Å². The Hall–Kier alpha value is -1.63. The van der Waals surface area contributed by atoms with E-state index in [2.05, 4.69) is 44.1 Å². The average Bonchev–Trinajstić information content (AvgIpc) is 3.10. The molecule has 1 aliphatic rings. The summed E-state index contributed by atoms with van der Waals surface area (Å²) in [7, 11) is 0. The quantitative estimate of drug-likeness (QED) is 0.666. The minimum Gasteiger partial charge on any atom is -0.394 e. The molecule has 0 radical (unpaired) electrons. The van der Waals surface area contributed by atoms with Crippen molar-refractivity contribution in [3.8, 4) is 0 Å². The van der Waals surface area contributed by atoms with Gasteiger partial charge in [0.25, 0.3) is 0 Å². The van der Waals surface area contributed by atoms with Crippen molar-refractivity contribution in [3.05, 3.63) is 51.7 Å². The number of halogens is 2. The van der Waals surface area contributed by atoms with Gasteiger partial charge in [0.2, 0.25) is 0 Å². The van der Waals surface area contributed by atoms with E-state index in [9.17, 15) is 5.11 Å². The molecule has 1 N–H and O–H groups in total. The van der Waals surface area contributed by atoms with Crippen LogP contribution in [0.2, 0.25) is 5.02 Å². The molecule has 4 rings (SSSR count). The van der Waals surface area contributed by atoms with Crippen LogP contribution in [0, 0.1) is 0 Å². The highest BCUT2D eigenvalue weighted by Crippen LogP contribution is 2.32. The van der Waals surface area contributed by atoms with Crippen LogP contribution in [0.25, 0.3) is 10.9 Å². The van der Waals surface area contributed by atoms with Crippen LogP contribution in [-0.4, -0.2) is 39.6 Å². The molecule has 26 heavy (non-hydrogen) atoms. The molecule has 0 unspecified atom stereocenters. The summed E-state index contributed by atoms with van der Waals surface area (Å²) in [6.07, 6.45) is 3.91. The van der Waals surface area contributed by atoms with Crippen molar-refractivity contribution in [2.45, 2.75) is 25.3 Å². The second kappa shape index (κ2) is 7.55. The lowest BCUT2D eigenvalue weighted by molar-refractivity contribution is 0.265. The van der Waals surface area contributed by atoms with Crippen LogP contribution in [0.1, 0.15) is 24.5 Å². The lowest BCUT2D eigenvalue weighted by atomic mass is 9.93. The molecule has 0 spiro atoms. The zero-order chi connectivity index (χ0) is 18.1. The van der Waals surface area contributed by atoms with E-state index >= 15 is 0 Å². The predicted octanol–water partition coefficient (Wildman–Crippen LogP) is 4.22. The third-order valence-corrected chi connectivity index (χ3v) is 5.74. The fourth-order valence-corrected chi connectivity index (χ4v) is 4.58. The van der Waals surface area contributed by atoms with Gasteiger partial charge in [-0.25, -0.2) is 4.98 Å². The van der Waals surface area contributed by atoms with Crippen LogP contribution in [0.15, 0.2) is 41.0 Å². The molecule has 1 fully saturated rings. The fourth-order valence-electron chi connectivity index (χ4n) is 3.70. The number of benzene rings is 1. The molecule has 1 aliphatic heterocycles. The Morgan fingerprint density at radius 1 is 1.19 bits per heavy atom. The molecule has 1 saturated heterocycles. The van der Waals surface area contributed by atoms with E-state index in [4.69, 9.17) is 16.6 Å². The van der Waals surface area contributed by atoms with Gasteiger partial charge in [0, 0.05) is 40.8 Å². The molecule has 3 aromatic rings. The lowest BCUT2D eigenvalue weighted by Gasteiger charge is -2.33. The maximum absolute atomic E-state index is 9.19. The summed E-state index contributed by atoms with van der Waals surface area (Å²) < 4.78 is 2.89. The Balaban J connectivity index is 1.51. The van der Waals surface area contributed by atoms with E-state index in [1.165, 1.54) is 5.69 Å². The van der Waals surface area contributed by atoms with E-state index in [-0.39, 0.29) is 6.61 Å². The first-order valence-electron chi connectivity index (χ1n) is 8.79. The van der Waals surface area contributed by atoms with Gasteiger partial charge >= 0.3 is 0 Å². The molecule has 0 atom stereocenters. The number of anilines is 1. The second-order valence-corrected chi connectivity index (χ2v) is 7.92. The fraction of sp³-hybridized carbons (Fsp3) is 0.368. The number of fused-ring (bicyclic) bond motifs is 1. The molecule has 0 bridgehead atoms. The van der Waals surface area contributed by atoms with Crippen LogP contribution in [0.3, 0.4) is 0 Å². The first-order valence-corrected chi connectivity index (χ1v) is 9.96. The molecule has 0 aliphatic carbocycles. The van der Waals surface area contributed by atoms with Crippen molar-refractivity contribution >= 4 is 44.3 Å². The maximum Gasteiger partial charge on any atom is 0.129 e. The van der Waals surface area contributed by atoms with Gasteiger partial charge in [-0.1, -0.05) is 27.5 Å². The number of aliphatic hydroxyl groups excluding tert-OH is 1. The number of aliphatic hydroxyl groups is 1. The van der Waals surface area contributed by atoms with Crippen molar-refractivity contribution in [2.24, 2.45) is 0 Å². The minimum absolute atomic E-state index is 0.116. The number of pyridine rings is 1. The average molecular weight is 436 g/mol. The van der Waals surface area contributed by atoms with E-state index in [1.807, 2.05) is 23.0 Å². The van der Waals surface area contributed by atoms with Crippen molar-refractivity contribution in [1.29, 1.82) is 0 Å². The molecular formula is C19H20BrClN4O. The molecule has 7 heteroatoms. The Bertz CT molecular complexity index is 921. The summed E-state index contributed by atoms with van der Waals surface area (Å²) in [6.45, 7) is 2.57. The molecule has 5 nitrogen and oxygen atoms in total. The van der Waals surface area contributed by atoms with Gasteiger partial charge in [-0.3, -0.25) is 4.68 Å². The standard InChI is InChI=1S/C19H20BrClN4O/c20-15-11-14-1-2-18(23-19(14)16(21)12-15)24-7-4-13(5-8-24)17-3-6-22-25(17)9-10-26/h1-3,6,11-13,26H,4-5,7-10H2. The van der Waals surface area contributed by atoms with Gasteiger partial charge in [-0.2, -0.15) is 5.10 Å². The molecule has 0 amide bonds. The van der Waals surface area contributed by atoms with Gasteiger partial charge in [-0.05, 0) is 43.2 Å². The Kier molecular flexibility index (Phi) is 5.16. The Labute approximate surface area is 165 Å². The first-order chi connectivity index (χ1) is 12.7. The number of nitrogens with zero attached hydrogens (tertiary/aromatic N) is 4. The summed E-state index contributed by atoms with van der Waals surface area (Å²) in [5.41, 5.74) is 2.06. The summed E-state index contributed by atoms with van der Waals surface area (Å²) in [5, 5.41) is 15.2. The summed E-state index contributed by atoms with van der Waals surface area (Å²) in [5.74, 6) is 1.45. The van der Waals surface area contributed by atoms with Gasteiger partial charge in [0.15, 0.2) is 0 Å². The highest BCUT2D eigenvalue weighted by molar-refractivity contribution is 9.10. The van der Waals surface area contributed by atoms with Crippen LogP contribution in [0.5, 0.6) is 0 Å². The largest absolute Gasteiger partial charge is 0.394 e. The third-order valence-electron chi connectivity index (χ3n) is 4.99. The van der Waals surface area contributed by atoms with E-state index in [1.54, 1.807) is 0 Å². The van der Waals surface area contributed by atoms with Crippen molar-refractivity contribution in [2.75, 3.05) is 24.6 Å². The first kappa shape index (κ1) is 17.8. The molecule has 2 aromatic heterocycles. The molecule has 1 aromatic carbocycles. The number of aromatic nitrogens is 3. The topological polar surface area (TPSA) is 54.2 Å². The zero-order valence-corrected chi connectivity index (χ0v) is 16.6. The molecule has 3 heterocycles. The highest BCUT2D eigenvalue weighted by atomic mass is 79.9. The number of hydrogen-bond acceptors (Lipinski definition) is 4. The van der Waals surface area contributed by atoms with Crippen molar-refractivity contribution in [3.63, 3.8) is 0 Å². The van der Waals surface area contributed by atoms with Crippen molar-refractivity contribution in [1.82, 2.24) is 14.8 Å². The van der Waals surface area contributed by atoms with Gasteiger partial charge in [0.1, 0.15) is 5.82 Å². The summed E-state index contributed by atoms with van der Waals surface area (Å²) in [6, 6.07) is 10.1. The monoisotopic (exact) mass is 434 g/mol. The SMILES string of the molecule is OCCn1nccc1C1CCN(c2ccc3cc(Br)cc(Cl)c3n2)CC1. The number of rotatable bonds is 4. The zero-order valence-electron chi connectivity index (χ0n) is 14.3. The smallest absolute Gasteiger partial charge is 0.129 e. The third kappa shape index (κ3) is 3.46. The van der Waals surface area contributed by atoms with E-state index in [0.29, 0.717) is 17.5 Å². The van der Waals surface area contributed by atoms with Gasteiger partial charge in [-0.15, -0.1) is 0 Å². The Morgan fingerprint density at radius 3 is 2.77 bits per heavy atom. The molecular weight excluding hydrogens is 416 g/mol. The maximum atomic E-state index is 9.19. The Morgan fingerprint density at radius 2 is 2.00 bits per heavy atom. The summed E-state index contributed by atoms with van der Waals surface area (Å²) >= 11 is 9.85. The lowest BCUT2D eigenvalue weighted by Crippen LogP contribution is -2.34. The normalized spacial score (nSPS) is 15.7. The summed E-state index contributed by atoms with van der Waals surface area (Å²) in [4.78, 5) is 7.12. The van der Waals surface area contributed by atoms with Crippen LogP contribution < -0.4 is 4.90 Å². The van der Waals surface area contributed by atoms with Crippen molar-refractivity contribution < 1.29 is 5.11 Å². The van der Waals surface area contributed by atoms with Crippen LogP contribution in [0.4, 0.5) is 5.82 Å². The predicted molar refractivity (Wildman–Crippen MR) is 108 cm³/mol. The molecule has 0 saturated carbocycles. The van der Waals surface area contributed by atoms with Crippen LogP contribution >= 0.6 is 27.5 Å². The highest BCUT2D eigenvalue weighted by Gasteiger charge is 2.24. The van der Waals surface area contributed by atoms with Gasteiger partial charge in [0.05, 0.1) is 23.7 Å². The molecule has 136 valence electrons. The van der Waals surface area contributed by atoms with Crippen LogP contribution in [-0.2, 0) is 6.54 Å². The second-order valence-electron chi connectivity index (χ2n) is 6.59. The number of piperidine rings is 1.